The van der Waals surface area contributed by atoms with Crippen LogP contribution in [0.25, 0.3) is 0 Å². The largest absolute Gasteiger partial charge is 0.492 e. The number of carbonyl (C=O) groups is 1. The summed E-state index contributed by atoms with van der Waals surface area (Å²) in [6.07, 6.45) is 0. The van der Waals surface area contributed by atoms with E-state index in [1.807, 2.05) is 13.0 Å². The highest BCUT2D eigenvalue weighted by Crippen LogP contribution is 2.25. The minimum absolute atomic E-state index is 0.104. The van der Waals surface area contributed by atoms with Gasteiger partial charge >= 0.3 is 0 Å². The Morgan fingerprint density at radius 2 is 1.73 bits per heavy atom. The summed E-state index contributed by atoms with van der Waals surface area (Å²) >= 11 is 0. The number of hydrogen-bond donors (Lipinski definition) is 1. The molecule has 0 spiro atoms. The van der Waals surface area contributed by atoms with Crippen LogP contribution in [0.3, 0.4) is 0 Å². The maximum atomic E-state index is 12.6. The van der Waals surface area contributed by atoms with Crippen LogP contribution in [0.1, 0.15) is 31.1 Å². The Morgan fingerprint density at radius 1 is 1.04 bits per heavy atom. The number of para-hydroxylation sites is 2. The van der Waals surface area contributed by atoms with Crippen molar-refractivity contribution >= 4 is 21.6 Å². The van der Waals surface area contributed by atoms with E-state index in [2.05, 4.69) is 5.32 Å². The van der Waals surface area contributed by atoms with E-state index in [1.54, 1.807) is 44.2 Å². The third kappa shape index (κ3) is 4.42. The first-order valence-electron chi connectivity index (χ1n) is 8.57. The van der Waals surface area contributed by atoms with Crippen molar-refractivity contribution in [1.29, 1.82) is 0 Å². The first-order chi connectivity index (χ1) is 12.4. The van der Waals surface area contributed by atoms with Crippen molar-refractivity contribution in [2.45, 2.75) is 25.7 Å². The van der Waals surface area contributed by atoms with E-state index >= 15 is 0 Å². The summed E-state index contributed by atoms with van der Waals surface area (Å²) in [5.41, 5.74) is 0.806. The van der Waals surface area contributed by atoms with Crippen molar-refractivity contribution in [3.05, 3.63) is 54.1 Å². The molecule has 0 radical (unpaired) electrons. The molecule has 0 bridgehead atoms. The minimum Gasteiger partial charge on any atom is -0.492 e. The molecule has 0 saturated carbocycles. The Kier molecular flexibility index (Phi) is 6.76. The topological polar surface area (TPSA) is 75.7 Å². The summed E-state index contributed by atoms with van der Waals surface area (Å²) in [6.45, 7) is 6.64. The van der Waals surface area contributed by atoms with Gasteiger partial charge in [-0.1, -0.05) is 32.0 Å². The van der Waals surface area contributed by atoms with Crippen molar-refractivity contribution in [1.82, 2.24) is 4.31 Å². The van der Waals surface area contributed by atoms with E-state index in [0.29, 0.717) is 31.1 Å². The molecule has 1 amide bonds. The van der Waals surface area contributed by atoms with Crippen molar-refractivity contribution in [2.24, 2.45) is 0 Å². The predicted octanol–water partition coefficient (Wildman–Crippen LogP) is 3.37. The molecule has 0 unspecified atom stereocenters. The number of sulfonamides is 1. The van der Waals surface area contributed by atoms with Gasteiger partial charge in [0, 0.05) is 18.7 Å². The fourth-order valence-corrected chi connectivity index (χ4v) is 4.06. The van der Waals surface area contributed by atoms with Gasteiger partial charge in [-0.2, -0.15) is 4.31 Å². The monoisotopic (exact) mass is 376 g/mol. The van der Waals surface area contributed by atoms with Crippen LogP contribution >= 0.6 is 0 Å². The lowest BCUT2D eigenvalue weighted by Crippen LogP contribution is -2.30. The van der Waals surface area contributed by atoms with Crippen LogP contribution in [0.4, 0.5) is 5.69 Å². The van der Waals surface area contributed by atoms with E-state index in [1.165, 1.54) is 16.4 Å². The molecule has 2 aromatic carbocycles. The Morgan fingerprint density at radius 3 is 2.38 bits per heavy atom. The first-order valence-corrected chi connectivity index (χ1v) is 10.0. The van der Waals surface area contributed by atoms with Crippen LogP contribution in [0.2, 0.25) is 0 Å². The van der Waals surface area contributed by atoms with Gasteiger partial charge in [-0.15, -0.1) is 0 Å². The summed E-state index contributed by atoms with van der Waals surface area (Å²) < 4.78 is 32.1. The van der Waals surface area contributed by atoms with Gasteiger partial charge in [-0.25, -0.2) is 8.42 Å². The molecule has 0 aliphatic carbocycles. The standard InChI is InChI=1S/C19H24N2O4S/c1-4-21(5-2)26(23,24)16-11-9-10-15(14-16)19(22)20-17-12-7-8-13-18(17)25-6-3/h7-14H,4-6H2,1-3H3,(H,20,22). The van der Waals surface area contributed by atoms with Gasteiger partial charge in [-0.3, -0.25) is 4.79 Å². The van der Waals surface area contributed by atoms with Gasteiger partial charge in [0.1, 0.15) is 5.75 Å². The van der Waals surface area contributed by atoms with Gasteiger partial charge in [0.2, 0.25) is 10.0 Å². The predicted molar refractivity (Wildman–Crippen MR) is 102 cm³/mol. The molecule has 140 valence electrons. The lowest BCUT2D eigenvalue weighted by molar-refractivity contribution is 0.102. The number of amides is 1. The number of benzene rings is 2. The fourth-order valence-electron chi connectivity index (χ4n) is 2.56. The van der Waals surface area contributed by atoms with Crippen LogP contribution in [0, 0.1) is 0 Å². The molecule has 2 rings (SSSR count). The van der Waals surface area contributed by atoms with Crippen molar-refractivity contribution in [3.8, 4) is 5.75 Å². The van der Waals surface area contributed by atoms with Crippen LogP contribution in [-0.4, -0.2) is 38.3 Å². The normalized spacial score (nSPS) is 11.4. The van der Waals surface area contributed by atoms with Crippen molar-refractivity contribution in [2.75, 3.05) is 25.0 Å². The molecule has 0 aliphatic heterocycles. The Labute approximate surface area is 154 Å². The molecule has 0 fully saturated rings. The van der Waals surface area contributed by atoms with Crippen LogP contribution in [0.5, 0.6) is 5.75 Å². The average molecular weight is 376 g/mol. The smallest absolute Gasteiger partial charge is 0.255 e. The number of hydrogen-bond acceptors (Lipinski definition) is 4. The molecule has 6 nitrogen and oxygen atoms in total. The second kappa shape index (κ2) is 8.82. The van der Waals surface area contributed by atoms with Gasteiger partial charge in [0.15, 0.2) is 0 Å². The summed E-state index contributed by atoms with van der Waals surface area (Å²) in [7, 11) is -3.62. The molecule has 0 saturated heterocycles. The van der Waals surface area contributed by atoms with E-state index in [-0.39, 0.29) is 10.5 Å². The first kappa shape index (κ1) is 19.9. The molecular formula is C19H24N2O4S. The SMILES string of the molecule is CCOc1ccccc1NC(=O)c1cccc(S(=O)(=O)N(CC)CC)c1. The summed E-state index contributed by atoms with van der Waals surface area (Å²) in [6, 6.07) is 13.2. The van der Waals surface area contributed by atoms with Gasteiger partial charge < -0.3 is 10.1 Å². The zero-order valence-electron chi connectivity index (χ0n) is 15.2. The van der Waals surface area contributed by atoms with Crippen molar-refractivity contribution < 1.29 is 17.9 Å². The zero-order valence-corrected chi connectivity index (χ0v) is 16.0. The third-order valence-corrected chi connectivity index (χ3v) is 5.92. The van der Waals surface area contributed by atoms with E-state index in [4.69, 9.17) is 4.74 Å². The average Bonchev–Trinajstić information content (AvgIpc) is 2.64. The Bertz CT molecular complexity index is 861. The summed E-state index contributed by atoms with van der Waals surface area (Å²) in [5, 5.41) is 2.78. The second-order valence-electron chi connectivity index (χ2n) is 5.50. The molecule has 0 aliphatic rings. The minimum atomic E-state index is -3.62. The molecule has 7 heteroatoms. The molecule has 1 N–H and O–H groups in total. The Balaban J connectivity index is 2.29. The molecule has 2 aromatic rings. The van der Waals surface area contributed by atoms with E-state index in [0.717, 1.165) is 0 Å². The maximum absolute atomic E-state index is 12.6. The van der Waals surface area contributed by atoms with Gasteiger partial charge in [0.05, 0.1) is 17.2 Å². The summed E-state index contributed by atoms with van der Waals surface area (Å²) in [4.78, 5) is 12.7. The lowest BCUT2D eigenvalue weighted by Gasteiger charge is -2.18. The van der Waals surface area contributed by atoms with Crippen LogP contribution in [-0.2, 0) is 10.0 Å². The maximum Gasteiger partial charge on any atom is 0.255 e. The molecule has 0 aromatic heterocycles. The highest BCUT2D eigenvalue weighted by Gasteiger charge is 2.22. The number of rotatable bonds is 8. The van der Waals surface area contributed by atoms with E-state index < -0.39 is 15.9 Å². The number of nitrogens with zero attached hydrogens (tertiary/aromatic N) is 1. The highest BCUT2D eigenvalue weighted by atomic mass is 32.2. The Hall–Kier alpha value is -2.38. The highest BCUT2D eigenvalue weighted by molar-refractivity contribution is 7.89. The third-order valence-electron chi connectivity index (χ3n) is 3.87. The number of ether oxygens (including phenoxy) is 1. The van der Waals surface area contributed by atoms with Gasteiger partial charge in [0.25, 0.3) is 5.91 Å². The zero-order chi connectivity index (χ0) is 19.2. The molecule has 26 heavy (non-hydrogen) atoms. The number of anilines is 1. The van der Waals surface area contributed by atoms with Crippen LogP contribution < -0.4 is 10.1 Å². The molecule has 0 atom stereocenters. The molecule has 0 heterocycles. The van der Waals surface area contributed by atoms with Crippen molar-refractivity contribution in [3.63, 3.8) is 0 Å². The number of nitrogens with one attached hydrogen (secondary N) is 1. The molecular weight excluding hydrogens is 352 g/mol. The lowest BCUT2D eigenvalue weighted by atomic mass is 10.2. The number of carbonyl (C=O) groups excluding carboxylic acids is 1. The fraction of sp³-hybridized carbons (Fsp3) is 0.316. The van der Waals surface area contributed by atoms with E-state index in [9.17, 15) is 13.2 Å². The summed E-state index contributed by atoms with van der Waals surface area (Å²) in [5.74, 6) is 0.170. The van der Waals surface area contributed by atoms with Crippen LogP contribution in [0.15, 0.2) is 53.4 Å². The quantitative estimate of drug-likeness (QED) is 0.766. The second-order valence-corrected chi connectivity index (χ2v) is 7.44. The van der Waals surface area contributed by atoms with Gasteiger partial charge in [-0.05, 0) is 37.3 Å².